The van der Waals surface area contributed by atoms with Crippen molar-refractivity contribution in [2.45, 2.75) is 39.5 Å². The van der Waals surface area contributed by atoms with Crippen LogP contribution < -0.4 is 9.62 Å². The molecule has 1 heterocycles. The number of carbonyl (C=O) groups excluding carboxylic acids is 2. The Morgan fingerprint density at radius 1 is 1.00 bits per heavy atom. The van der Waals surface area contributed by atoms with Crippen molar-refractivity contribution in [2.24, 2.45) is 0 Å². The number of carbonyl (C=O) groups is 2. The molecule has 2 aromatic carbocycles. The van der Waals surface area contributed by atoms with Crippen molar-refractivity contribution in [3.8, 4) is 0 Å². The molecule has 7 nitrogen and oxygen atoms in total. The molecule has 0 bridgehead atoms. The van der Waals surface area contributed by atoms with Gasteiger partial charge in [-0.15, -0.1) is 0 Å². The summed E-state index contributed by atoms with van der Waals surface area (Å²) in [7, 11) is -3.69. The Hall–Kier alpha value is -2.87. The van der Waals surface area contributed by atoms with E-state index in [0.29, 0.717) is 30.0 Å². The molecular weight excluding hydrogens is 426 g/mol. The van der Waals surface area contributed by atoms with Crippen molar-refractivity contribution in [2.75, 3.05) is 35.5 Å². The van der Waals surface area contributed by atoms with Crippen LogP contribution in [-0.4, -0.2) is 51.0 Å². The highest BCUT2D eigenvalue weighted by atomic mass is 32.2. The van der Waals surface area contributed by atoms with Crippen LogP contribution in [0.25, 0.3) is 0 Å². The number of anilines is 2. The molecule has 8 heteroatoms. The zero-order valence-electron chi connectivity index (χ0n) is 18.9. The van der Waals surface area contributed by atoms with Crippen LogP contribution >= 0.6 is 0 Å². The van der Waals surface area contributed by atoms with Gasteiger partial charge in [0.15, 0.2) is 0 Å². The number of rotatable bonds is 6. The van der Waals surface area contributed by atoms with Crippen LogP contribution in [0.2, 0.25) is 0 Å². The SMILES string of the molecule is Cc1ccc(N(CC(=O)Nc2ccccc2C(=O)N2CCCCCC2)S(C)(=O)=O)c(C)c1. The molecule has 0 unspecified atom stereocenters. The number of sulfonamides is 1. The average Bonchev–Trinajstić information content (AvgIpc) is 3.01. The maximum absolute atomic E-state index is 13.1. The minimum absolute atomic E-state index is 0.114. The quantitative estimate of drug-likeness (QED) is 0.716. The Labute approximate surface area is 190 Å². The molecule has 2 amide bonds. The van der Waals surface area contributed by atoms with Gasteiger partial charge in [-0.3, -0.25) is 13.9 Å². The van der Waals surface area contributed by atoms with Gasteiger partial charge in [0.1, 0.15) is 6.54 Å². The lowest BCUT2D eigenvalue weighted by molar-refractivity contribution is -0.114. The number of para-hydroxylation sites is 1. The van der Waals surface area contributed by atoms with Crippen molar-refractivity contribution >= 4 is 33.2 Å². The number of benzene rings is 2. The number of aryl methyl sites for hydroxylation is 2. The molecular formula is C24H31N3O4S. The Bertz CT molecular complexity index is 1090. The predicted molar refractivity (Wildman–Crippen MR) is 128 cm³/mol. The summed E-state index contributed by atoms with van der Waals surface area (Å²) in [4.78, 5) is 27.8. The summed E-state index contributed by atoms with van der Waals surface area (Å²) in [6.45, 7) is 4.76. The van der Waals surface area contributed by atoms with Gasteiger partial charge in [-0.05, 0) is 50.5 Å². The Morgan fingerprint density at radius 2 is 1.66 bits per heavy atom. The van der Waals surface area contributed by atoms with Crippen molar-refractivity contribution in [3.05, 3.63) is 59.2 Å². The van der Waals surface area contributed by atoms with E-state index in [0.717, 1.165) is 47.4 Å². The fourth-order valence-corrected chi connectivity index (χ4v) is 4.92. The highest BCUT2D eigenvalue weighted by Gasteiger charge is 2.24. The third-order valence-electron chi connectivity index (χ3n) is 5.63. The Kier molecular flexibility index (Phi) is 7.56. The number of hydrogen-bond acceptors (Lipinski definition) is 4. The molecule has 32 heavy (non-hydrogen) atoms. The van der Waals surface area contributed by atoms with E-state index in [-0.39, 0.29) is 12.5 Å². The third-order valence-corrected chi connectivity index (χ3v) is 6.76. The fourth-order valence-electron chi connectivity index (χ4n) is 4.01. The van der Waals surface area contributed by atoms with Crippen LogP contribution in [0.1, 0.15) is 47.2 Å². The summed E-state index contributed by atoms with van der Waals surface area (Å²) in [5.41, 5.74) is 3.04. The Morgan fingerprint density at radius 3 is 2.28 bits per heavy atom. The van der Waals surface area contributed by atoms with E-state index in [1.54, 1.807) is 30.3 Å². The molecule has 1 fully saturated rings. The van der Waals surface area contributed by atoms with E-state index in [9.17, 15) is 18.0 Å². The summed E-state index contributed by atoms with van der Waals surface area (Å²) in [5, 5.41) is 2.76. The maximum atomic E-state index is 13.1. The highest BCUT2D eigenvalue weighted by Crippen LogP contribution is 2.24. The van der Waals surface area contributed by atoms with E-state index in [4.69, 9.17) is 0 Å². The van der Waals surface area contributed by atoms with E-state index in [2.05, 4.69) is 5.32 Å². The minimum Gasteiger partial charge on any atom is -0.339 e. The van der Waals surface area contributed by atoms with Crippen LogP contribution in [-0.2, 0) is 14.8 Å². The fraction of sp³-hybridized carbons (Fsp3) is 0.417. The third kappa shape index (κ3) is 5.88. The van der Waals surface area contributed by atoms with E-state index in [1.807, 2.05) is 30.9 Å². The molecule has 0 atom stereocenters. The molecule has 3 rings (SSSR count). The Balaban J connectivity index is 1.81. The standard InChI is InChI=1S/C24H31N3O4S/c1-18-12-13-22(19(2)16-18)27(32(3,30)31)17-23(28)25-21-11-7-6-10-20(21)24(29)26-14-8-4-5-9-15-26/h6-7,10-13,16H,4-5,8-9,14-15,17H2,1-3H3,(H,25,28). The molecule has 0 saturated carbocycles. The molecule has 1 saturated heterocycles. The van der Waals surface area contributed by atoms with Crippen molar-refractivity contribution < 1.29 is 18.0 Å². The second-order valence-electron chi connectivity index (χ2n) is 8.36. The molecule has 1 N–H and O–H groups in total. The smallest absolute Gasteiger partial charge is 0.255 e. The largest absolute Gasteiger partial charge is 0.339 e. The molecule has 0 radical (unpaired) electrons. The van der Waals surface area contributed by atoms with Gasteiger partial charge in [-0.25, -0.2) is 8.42 Å². The zero-order chi connectivity index (χ0) is 23.3. The van der Waals surface area contributed by atoms with E-state index in [1.165, 1.54) is 0 Å². The van der Waals surface area contributed by atoms with Crippen molar-refractivity contribution in [1.29, 1.82) is 0 Å². The molecule has 0 aromatic heterocycles. The van der Waals surface area contributed by atoms with Crippen molar-refractivity contribution in [3.63, 3.8) is 0 Å². The lowest BCUT2D eigenvalue weighted by Gasteiger charge is -2.25. The van der Waals surface area contributed by atoms with Crippen LogP contribution in [0.4, 0.5) is 11.4 Å². The average molecular weight is 458 g/mol. The van der Waals surface area contributed by atoms with Crippen LogP contribution in [0.3, 0.4) is 0 Å². The number of nitrogens with zero attached hydrogens (tertiary/aromatic N) is 2. The summed E-state index contributed by atoms with van der Waals surface area (Å²) in [6.07, 6.45) is 5.25. The summed E-state index contributed by atoms with van der Waals surface area (Å²) < 4.78 is 26.0. The molecule has 1 aliphatic rings. The zero-order valence-corrected chi connectivity index (χ0v) is 19.7. The second kappa shape index (κ2) is 10.2. The topological polar surface area (TPSA) is 86.8 Å². The molecule has 0 spiro atoms. The number of amides is 2. The van der Waals surface area contributed by atoms with Gasteiger partial charge in [0.2, 0.25) is 15.9 Å². The first kappa shape index (κ1) is 23.8. The molecule has 1 aliphatic heterocycles. The van der Waals surface area contributed by atoms with Crippen LogP contribution in [0.5, 0.6) is 0 Å². The van der Waals surface area contributed by atoms with Crippen LogP contribution in [0, 0.1) is 13.8 Å². The van der Waals surface area contributed by atoms with Crippen molar-refractivity contribution in [1.82, 2.24) is 4.90 Å². The minimum atomic E-state index is -3.69. The lowest BCUT2D eigenvalue weighted by Crippen LogP contribution is -2.38. The predicted octanol–water partition coefficient (Wildman–Crippen LogP) is 3.72. The number of nitrogens with one attached hydrogen (secondary N) is 1. The van der Waals surface area contributed by atoms with Gasteiger partial charge in [0.05, 0.1) is 23.2 Å². The monoisotopic (exact) mass is 457 g/mol. The van der Waals surface area contributed by atoms with E-state index >= 15 is 0 Å². The number of hydrogen-bond donors (Lipinski definition) is 1. The van der Waals surface area contributed by atoms with E-state index < -0.39 is 15.9 Å². The first-order valence-electron chi connectivity index (χ1n) is 10.9. The van der Waals surface area contributed by atoms with Gasteiger partial charge in [-0.1, -0.05) is 42.7 Å². The van der Waals surface area contributed by atoms with Gasteiger partial charge in [-0.2, -0.15) is 0 Å². The summed E-state index contributed by atoms with van der Waals surface area (Å²) in [6, 6.07) is 12.3. The van der Waals surface area contributed by atoms with Gasteiger partial charge >= 0.3 is 0 Å². The summed E-state index contributed by atoms with van der Waals surface area (Å²) >= 11 is 0. The lowest BCUT2D eigenvalue weighted by atomic mass is 10.1. The number of likely N-dealkylation sites (tertiary alicyclic amines) is 1. The molecule has 2 aromatic rings. The first-order valence-corrected chi connectivity index (χ1v) is 12.7. The second-order valence-corrected chi connectivity index (χ2v) is 10.3. The molecule has 0 aliphatic carbocycles. The van der Waals surface area contributed by atoms with Gasteiger partial charge in [0.25, 0.3) is 5.91 Å². The first-order chi connectivity index (χ1) is 15.2. The normalized spacial score (nSPS) is 14.5. The van der Waals surface area contributed by atoms with Gasteiger partial charge < -0.3 is 10.2 Å². The van der Waals surface area contributed by atoms with Crippen LogP contribution in [0.15, 0.2) is 42.5 Å². The van der Waals surface area contributed by atoms with Gasteiger partial charge in [0, 0.05) is 13.1 Å². The molecule has 172 valence electrons. The highest BCUT2D eigenvalue weighted by molar-refractivity contribution is 7.92. The summed E-state index contributed by atoms with van der Waals surface area (Å²) in [5.74, 6) is -0.622. The maximum Gasteiger partial charge on any atom is 0.255 e.